The predicted octanol–water partition coefficient (Wildman–Crippen LogP) is 2.18. The fraction of sp³-hybridized carbons (Fsp3) is 0.200. The third kappa shape index (κ3) is 2.45. The minimum Gasteiger partial charge on any atom is -0.399 e. The van der Waals surface area contributed by atoms with Crippen molar-refractivity contribution in [2.75, 3.05) is 23.1 Å². The van der Waals surface area contributed by atoms with Gasteiger partial charge in [-0.1, -0.05) is 11.3 Å². The highest BCUT2D eigenvalue weighted by molar-refractivity contribution is 7.99. The number of carbonyl (C=O) groups is 1. The number of amides is 1. The van der Waals surface area contributed by atoms with Gasteiger partial charge < -0.3 is 11.1 Å². The molecule has 0 aliphatic rings. The number of hydrogen-bond donors (Lipinski definition) is 2. The number of benzene rings is 1. The van der Waals surface area contributed by atoms with Crippen molar-refractivity contribution in [3.8, 4) is 0 Å². The first-order valence-corrected chi connectivity index (χ1v) is 6.85. The molecule has 1 amide bonds. The highest BCUT2D eigenvalue weighted by Crippen LogP contribution is 2.27. The molecule has 4 nitrogen and oxygen atoms in total. The van der Waals surface area contributed by atoms with E-state index in [2.05, 4.69) is 10.3 Å². The van der Waals surface area contributed by atoms with Gasteiger partial charge in [0.15, 0.2) is 5.13 Å². The lowest BCUT2D eigenvalue weighted by molar-refractivity contribution is -0.113. The number of thiazole rings is 1. The number of anilines is 2. The van der Waals surface area contributed by atoms with E-state index in [1.54, 1.807) is 6.07 Å². The SMILES string of the molecule is CSCC(=O)Nc1nc2ccc(N)cc2s1. The Hall–Kier alpha value is -1.27. The summed E-state index contributed by atoms with van der Waals surface area (Å²) >= 11 is 2.92. The fourth-order valence-electron chi connectivity index (χ4n) is 1.28. The normalized spacial score (nSPS) is 10.6. The molecule has 0 saturated heterocycles. The summed E-state index contributed by atoms with van der Waals surface area (Å²) in [6.45, 7) is 0. The van der Waals surface area contributed by atoms with Gasteiger partial charge in [-0.25, -0.2) is 4.98 Å². The van der Waals surface area contributed by atoms with Gasteiger partial charge in [0, 0.05) is 5.69 Å². The van der Waals surface area contributed by atoms with Crippen LogP contribution in [0.15, 0.2) is 18.2 Å². The van der Waals surface area contributed by atoms with Crippen LogP contribution in [0.3, 0.4) is 0 Å². The molecule has 16 heavy (non-hydrogen) atoms. The van der Waals surface area contributed by atoms with Crippen LogP contribution in [0.2, 0.25) is 0 Å². The van der Waals surface area contributed by atoms with Crippen molar-refractivity contribution in [1.29, 1.82) is 0 Å². The third-order valence-corrected chi connectivity index (χ3v) is 3.42. The summed E-state index contributed by atoms with van der Waals surface area (Å²) in [7, 11) is 0. The lowest BCUT2D eigenvalue weighted by Crippen LogP contribution is -2.13. The van der Waals surface area contributed by atoms with Crippen LogP contribution in [0.25, 0.3) is 10.2 Å². The number of carbonyl (C=O) groups excluding carboxylic acids is 1. The number of nitrogens with zero attached hydrogens (tertiary/aromatic N) is 1. The number of nitrogen functional groups attached to an aromatic ring is 1. The Kier molecular flexibility index (Phi) is 3.31. The van der Waals surface area contributed by atoms with Gasteiger partial charge in [0.1, 0.15) is 0 Å². The number of hydrogen-bond acceptors (Lipinski definition) is 5. The number of aromatic nitrogens is 1. The topological polar surface area (TPSA) is 68.0 Å². The Morgan fingerprint density at radius 3 is 3.19 bits per heavy atom. The van der Waals surface area contributed by atoms with Gasteiger partial charge in [-0.2, -0.15) is 11.8 Å². The van der Waals surface area contributed by atoms with E-state index in [1.165, 1.54) is 23.1 Å². The van der Waals surface area contributed by atoms with Gasteiger partial charge in [0.05, 0.1) is 16.0 Å². The molecular formula is C10H11N3OS2. The van der Waals surface area contributed by atoms with Crippen LogP contribution in [0.1, 0.15) is 0 Å². The molecule has 1 aromatic carbocycles. The number of thioether (sulfide) groups is 1. The maximum Gasteiger partial charge on any atom is 0.236 e. The van der Waals surface area contributed by atoms with E-state index in [9.17, 15) is 4.79 Å². The Morgan fingerprint density at radius 2 is 2.44 bits per heavy atom. The maximum atomic E-state index is 11.4. The molecule has 0 spiro atoms. The molecule has 84 valence electrons. The minimum atomic E-state index is -0.0282. The Bertz CT molecular complexity index is 524. The molecular weight excluding hydrogens is 242 g/mol. The molecule has 0 atom stereocenters. The zero-order valence-electron chi connectivity index (χ0n) is 8.69. The van der Waals surface area contributed by atoms with E-state index in [0.29, 0.717) is 16.6 Å². The van der Waals surface area contributed by atoms with Crippen molar-refractivity contribution in [1.82, 2.24) is 4.98 Å². The van der Waals surface area contributed by atoms with Gasteiger partial charge in [-0.15, -0.1) is 0 Å². The Morgan fingerprint density at radius 1 is 1.62 bits per heavy atom. The second-order valence-electron chi connectivity index (χ2n) is 3.23. The summed E-state index contributed by atoms with van der Waals surface area (Å²) in [6, 6.07) is 5.51. The van der Waals surface area contributed by atoms with Crippen LogP contribution in [0.4, 0.5) is 10.8 Å². The second kappa shape index (κ2) is 4.71. The third-order valence-electron chi connectivity index (χ3n) is 1.93. The number of nitrogens with one attached hydrogen (secondary N) is 1. The molecule has 2 aromatic rings. The number of nitrogens with two attached hydrogens (primary N) is 1. The molecule has 0 fully saturated rings. The molecule has 2 rings (SSSR count). The van der Waals surface area contributed by atoms with Crippen LogP contribution in [-0.2, 0) is 4.79 Å². The van der Waals surface area contributed by atoms with Crippen molar-refractivity contribution in [2.45, 2.75) is 0 Å². The van der Waals surface area contributed by atoms with Crippen molar-refractivity contribution in [3.63, 3.8) is 0 Å². The van der Waals surface area contributed by atoms with E-state index < -0.39 is 0 Å². The van der Waals surface area contributed by atoms with Gasteiger partial charge >= 0.3 is 0 Å². The smallest absolute Gasteiger partial charge is 0.236 e. The first kappa shape index (κ1) is 11.2. The summed E-state index contributed by atoms with van der Waals surface area (Å²) in [4.78, 5) is 15.7. The molecule has 0 saturated carbocycles. The quantitative estimate of drug-likeness (QED) is 0.823. The van der Waals surface area contributed by atoms with Crippen LogP contribution in [-0.4, -0.2) is 22.9 Å². The lowest BCUT2D eigenvalue weighted by atomic mass is 10.3. The number of rotatable bonds is 3. The van der Waals surface area contributed by atoms with Gasteiger partial charge in [0.2, 0.25) is 5.91 Å². The zero-order chi connectivity index (χ0) is 11.5. The van der Waals surface area contributed by atoms with Crippen LogP contribution in [0.5, 0.6) is 0 Å². The summed E-state index contributed by atoms with van der Waals surface area (Å²) in [5.41, 5.74) is 7.24. The van der Waals surface area contributed by atoms with Gasteiger partial charge in [-0.3, -0.25) is 4.79 Å². The molecule has 1 heterocycles. The molecule has 0 aliphatic carbocycles. The van der Waals surface area contributed by atoms with Crippen molar-refractivity contribution in [3.05, 3.63) is 18.2 Å². The Balaban J connectivity index is 2.23. The second-order valence-corrected chi connectivity index (χ2v) is 5.12. The number of fused-ring (bicyclic) bond motifs is 1. The van der Waals surface area contributed by atoms with Crippen molar-refractivity contribution >= 4 is 50.0 Å². The average molecular weight is 253 g/mol. The highest BCUT2D eigenvalue weighted by Gasteiger charge is 2.07. The van der Waals surface area contributed by atoms with E-state index in [0.717, 1.165) is 10.2 Å². The first-order valence-electron chi connectivity index (χ1n) is 4.64. The summed E-state index contributed by atoms with van der Waals surface area (Å²) in [6.07, 6.45) is 1.89. The molecule has 0 bridgehead atoms. The van der Waals surface area contributed by atoms with Crippen LogP contribution < -0.4 is 11.1 Å². The molecule has 6 heteroatoms. The van der Waals surface area contributed by atoms with E-state index in [-0.39, 0.29) is 5.91 Å². The largest absolute Gasteiger partial charge is 0.399 e. The van der Waals surface area contributed by atoms with Crippen molar-refractivity contribution < 1.29 is 4.79 Å². The monoisotopic (exact) mass is 253 g/mol. The van der Waals surface area contributed by atoms with E-state index >= 15 is 0 Å². The van der Waals surface area contributed by atoms with Gasteiger partial charge in [-0.05, 0) is 24.5 Å². The van der Waals surface area contributed by atoms with E-state index in [1.807, 2.05) is 18.4 Å². The standard InChI is InChI=1S/C10H11N3OS2/c1-15-5-9(14)13-10-12-7-3-2-6(11)4-8(7)16-10/h2-4H,5,11H2,1H3,(H,12,13,14). The van der Waals surface area contributed by atoms with E-state index in [4.69, 9.17) is 5.73 Å². The summed E-state index contributed by atoms with van der Waals surface area (Å²) < 4.78 is 0.986. The predicted molar refractivity (Wildman–Crippen MR) is 71.0 cm³/mol. The van der Waals surface area contributed by atoms with Crippen molar-refractivity contribution in [2.24, 2.45) is 0 Å². The molecule has 0 unspecified atom stereocenters. The fourth-order valence-corrected chi connectivity index (χ4v) is 2.55. The van der Waals surface area contributed by atoms with Crippen LogP contribution >= 0.6 is 23.1 Å². The summed E-state index contributed by atoms with van der Waals surface area (Å²) in [5, 5.41) is 3.38. The summed E-state index contributed by atoms with van der Waals surface area (Å²) in [5.74, 6) is 0.414. The zero-order valence-corrected chi connectivity index (χ0v) is 10.3. The highest BCUT2D eigenvalue weighted by atomic mass is 32.2. The molecule has 0 aliphatic heterocycles. The van der Waals surface area contributed by atoms with Crippen LogP contribution in [0, 0.1) is 0 Å². The van der Waals surface area contributed by atoms with Gasteiger partial charge in [0.25, 0.3) is 0 Å². The molecule has 0 radical (unpaired) electrons. The molecule has 1 aromatic heterocycles. The average Bonchev–Trinajstić information content (AvgIpc) is 2.59. The maximum absolute atomic E-state index is 11.4. The lowest BCUT2D eigenvalue weighted by Gasteiger charge is -1.97. The molecule has 3 N–H and O–H groups in total. The Labute approximate surface area is 101 Å². The minimum absolute atomic E-state index is 0.0282. The first-order chi connectivity index (χ1) is 7.69.